The van der Waals surface area contributed by atoms with Gasteiger partial charge in [-0.05, 0) is 14.0 Å². The molecular formula is C10H14N4S. The fourth-order valence-electron chi connectivity index (χ4n) is 1.62. The van der Waals surface area contributed by atoms with Crippen LogP contribution in [-0.2, 0) is 6.54 Å². The molecule has 4 nitrogen and oxygen atoms in total. The first-order valence-corrected chi connectivity index (χ1v) is 5.87. The zero-order valence-electron chi connectivity index (χ0n) is 8.84. The van der Waals surface area contributed by atoms with Crippen molar-refractivity contribution >= 4 is 11.3 Å². The van der Waals surface area contributed by atoms with E-state index >= 15 is 0 Å². The summed E-state index contributed by atoms with van der Waals surface area (Å²) in [5.74, 6) is 1.02. The first-order chi connectivity index (χ1) is 7.36. The molecule has 0 aromatic carbocycles. The quantitative estimate of drug-likeness (QED) is 0.855. The van der Waals surface area contributed by atoms with Crippen LogP contribution in [0.5, 0.6) is 0 Å². The second kappa shape index (κ2) is 4.55. The van der Waals surface area contributed by atoms with E-state index in [1.54, 1.807) is 11.3 Å². The molecule has 1 atom stereocenters. The normalized spacial score (nSPS) is 12.9. The van der Waals surface area contributed by atoms with Crippen LogP contribution >= 0.6 is 11.3 Å². The van der Waals surface area contributed by atoms with Gasteiger partial charge in [0.15, 0.2) is 0 Å². The third kappa shape index (κ3) is 1.93. The predicted molar refractivity (Wildman–Crippen MR) is 60.9 cm³/mol. The summed E-state index contributed by atoms with van der Waals surface area (Å²) < 4.78 is 2.13. The molecule has 1 unspecified atom stereocenters. The highest BCUT2D eigenvalue weighted by atomic mass is 32.1. The van der Waals surface area contributed by atoms with Crippen molar-refractivity contribution in [3.05, 3.63) is 34.8 Å². The Morgan fingerprint density at radius 2 is 2.40 bits per heavy atom. The van der Waals surface area contributed by atoms with Crippen LogP contribution in [0.2, 0.25) is 0 Å². The fraction of sp³-hybridized carbons (Fsp3) is 0.400. The molecule has 80 valence electrons. The molecule has 0 spiro atoms. The van der Waals surface area contributed by atoms with Crippen molar-refractivity contribution in [1.29, 1.82) is 0 Å². The van der Waals surface area contributed by atoms with E-state index in [1.807, 2.05) is 25.0 Å². The van der Waals surface area contributed by atoms with Gasteiger partial charge in [0.05, 0.1) is 11.2 Å². The van der Waals surface area contributed by atoms with E-state index in [1.165, 1.54) is 0 Å². The van der Waals surface area contributed by atoms with Gasteiger partial charge >= 0.3 is 0 Å². The summed E-state index contributed by atoms with van der Waals surface area (Å²) in [5.41, 5.74) is 2.88. The Morgan fingerprint density at radius 1 is 1.53 bits per heavy atom. The van der Waals surface area contributed by atoms with E-state index in [0.717, 1.165) is 18.1 Å². The summed E-state index contributed by atoms with van der Waals surface area (Å²) in [7, 11) is 1.93. The monoisotopic (exact) mass is 222 g/mol. The minimum Gasteiger partial charge on any atom is -0.334 e. The lowest BCUT2D eigenvalue weighted by Gasteiger charge is -2.14. The minimum atomic E-state index is 0.0891. The second-order valence-electron chi connectivity index (χ2n) is 3.21. The molecule has 2 rings (SSSR count). The van der Waals surface area contributed by atoms with Gasteiger partial charge < -0.3 is 9.88 Å². The standard InChI is InChI=1S/C10H14N4S/c1-3-14-5-4-12-10(14)9(11-2)8-6-15-7-13-8/h4-7,9,11H,3H2,1-2H3. The van der Waals surface area contributed by atoms with Gasteiger partial charge in [-0.3, -0.25) is 0 Å². The molecule has 0 fully saturated rings. The molecule has 0 saturated heterocycles. The number of imidazole rings is 1. The molecule has 5 heteroatoms. The largest absolute Gasteiger partial charge is 0.334 e. The Balaban J connectivity index is 2.35. The van der Waals surface area contributed by atoms with Gasteiger partial charge in [-0.2, -0.15) is 0 Å². The summed E-state index contributed by atoms with van der Waals surface area (Å²) in [4.78, 5) is 8.70. The van der Waals surface area contributed by atoms with E-state index in [2.05, 4.69) is 32.2 Å². The van der Waals surface area contributed by atoms with Crippen LogP contribution in [0, 0.1) is 0 Å². The smallest absolute Gasteiger partial charge is 0.132 e. The lowest BCUT2D eigenvalue weighted by molar-refractivity contribution is 0.581. The Kier molecular flexibility index (Phi) is 3.13. The number of aromatic nitrogens is 3. The summed E-state index contributed by atoms with van der Waals surface area (Å²) >= 11 is 1.61. The summed E-state index contributed by atoms with van der Waals surface area (Å²) in [5, 5.41) is 5.29. The summed E-state index contributed by atoms with van der Waals surface area (Å²) in [6.07, 6.45) is 3.82. The highest BCUT2D eigenvalue weighted by Crippen LogP contribution is 2.19. The molecule has 2 aromatic heterocycles. The highest BCUT2D eigenvalue weighted by molar-refractivity contribution is 7.07. The summed E-state index contributed by atoms with van der Waals surface area (Å²) in [6.45, 7) is 3.04. The fourth-order valence-corrected chi connectivity index (χ4v) is 2.20. The molecule has 0 aliphatic rings. The molecule has 0 aliphatic carbocycles. The molecule has 15 heavy (non-hydrogen) atoms. The first-order valence-electron chi connectivity index (χ1n) is 4.93. The van der Waals surface area contributed by atoms with Gasteiger partial charge in [0.25, 0.3) is 0 Å². The van der Waals surface area contributed by atoms with Crippen molar-refractivity contribution in [3.63, 3.8) is 0 Å². The van der Waals surface area contributed by atoms with Gasteiger partial charge in [0.2, 0.25) is 0 Å². The number of rotatable bonds is 4. The molecule has 0 radical (unpaired) electrons. The van der Waals surface area contributed by atoms with Crippen molar-refractivity contribution in [3.8, 4) is 0 Å². The molecule has 1 N–H and O–H groups in total. The van der Waals surface area contributed by atoms with E-state index in [4.69, 9.17) is 0 Å². The van der Waals surface area contributed by atoms with E-state index in [0.29, 0.717) is 0 Å². The first kappa shape index (κ1) is 10.3. The van der Waals surface area contributed by atoms with Crippen molar-refractivity contribution < 1.29 is 0 Å². The molecule has 0 saturated carbocycles. The number of thiazole rings is 1. The Morgan fingerprint density at radius 3 is 3.00 bits per heavy atom. The third-order valence-electron chi connectivity index (χ3n) is 2.38. The lowest BCUT2D eigenvalue weighted by atomic mass is 10.2. The van der Waals surface area contributed by atoms with Crippen molar-refractivity contribution in [2.45, 2.75) is 19.5 Å². The molecule has 0 amide bonds. The number of hydrogen-bond acceptors (Lipinski definition) is 4. The third-order valence-corrected chi connectivity index (χ3v) is 2.99. The van der Waals surface area contributed by atoms with Crippen LogP contribution in [0.3, 0.4) is 0 Å². The van der Waals surface area contributed by atoms with Crippen molar-refractivity contribution in [1.82, 2.24) is 19.9 Å². The van der Waals surface area contributed by atoms with Crippen LogP contribution < -0.4 is 5.32 Å². The Hall–Kier alpha value is -1.20. The molecule has 2 heterocycles. The lowest BCUT2D eigenvalue weighted by Crippen LogP contribution is -2.22. The van der Waals surface area contributed by atoms with Crippen LogP contribution in [0.25, 0.3) is 0 Å². The number of hydrogen-bond donors (Lipinski definition) is 1. The van der Waals surface area contributed by atoms with Crippen LogP contribution in [-0.4, -0.2) is 21.6 Å². The maximum absolute atomic E-state index is 4.38. The Bertz CT molecular complexity index is 407. The number of aryl methyl sites for hydroxylation is 1. The number of nitrogens with zero attached hydrogens (tertiary/aromatic N) is 3. The van der Waals surface area contributed by atoms with Crippen molar-refractivity contribution in [2.24, 2.45) is 0 Å². The van der Waals surface area contributed by atoms with Gasteiger partial charge in [-0.15, -0.1) is 11.3 Å². The topological polar surface area (TPSA) is 42.7 Å². The zero-order valence-corrected chi connectivity index (χ0v) is 9.66. The van der Waals surface area contributed by atoms with Gasteiger partial charge in [0, 0.05) is 24.3 Å². The predicted octanol–water partition coefficient (Wildman–Crippen LogP) is 1.67. The Labute approximate surface area is 93.0 Å². The van der Waals surface area contributed by atoms with Crippen molar-refractivity contribution in [2.75, 3.05) is 7.05 Å². The molecular weight excluding hydrogens is 208 g/mol. The highest BCUT2D eigenvalue weighted by Gasteiger charge is 2.18. The molecule has 0 aliphatic heterocycles. The van der Waals surface area contributed by atoms with E-state index in [-0.39, 0.29) is 6.04 Å². The average molecular weight is 222 g/mol. The van der Waals surface area contributed by atoms with E-state index < -0.39 is 0 Å². The number of nitrogens with one attached hydrogen (secondary N) is 1. The van der Waals surface area contributed by atoms with Gasteiger partial charge in [-0.25, -0.2) is 9.97 Å². The van der Waals surface area contributed by atoms with Gasteiger partial charge in [0.1, 0.15) is 11.9 Å². The summed E-state index contributed by atoms with van der Waals surface area (Å²) in [6, 6.07) is 0.0891. The van der Waals surface area contributed by atoms with Crippen LogP contribution in [0.4, 0.5) is 0 Å². The maximum atomic E-state index is 4.38. The SMILES string of the molecule is CCn1ccnc1C(NC)c1cscn1. The van der Waals surface area contributed by atoms with Gasteiger partial charge in [-0.1, -0.05) is 0 Å². The van der Waals surface area contributed by atoms with E-state index in [9.17, 15) is 0 Å². The minimum absolute atomic E-state index is 0.0891. The maximum Gasteiger partial charge on any atom is 0.132 e. The second-order valence-corrected chi connectivity index (χ2v) is 3.93. The van der Waals surface area contributed by atoms with Crippen LogP contribution in [0.1, 0.15) is 24.5 Å². The molecule has 0 bridgehead atoms. The zero-order chi connectivity index (χ0) is 10.7. The molecule has 2 aromatic rings. The van der Waals surface area contributed by atoms with Crippen LogP contribution in [0.15, 0.2) is 23.3 Å². The average Bonchev–Trinajstić information content (AvgIpc) is 2.89.